The van der Waals surface area contributed by atoms with E-state index in [4.69, 9.17) is 0 Å². The van der Waals surface area contributed by atoms with Gasteiger partial charge in [0.1, 0.15) is 0 Å². The molecular weight excluding hydrogens is 294 g/mol. The number of hydrogen-bond acceptors (Lipinski definition) is 4. The third kappa shape index (κ3) is 2.39. The summed E-state index contributed by atoms with van der Waals surface area (Å²) in [6.45, 7) is 4.17. The summed E-state index contributed by atoms with van der Waals surface area (Å²) in [5, 5.41) is 0. The van der Waals surface area contributed by atoms with Crippen LogP contribution in [0, 0.1) is 0 Å². The van der Waals surface area contributed by atoms with Crippen LogP contribution in [0.4, 0.5) is 0 Å². The van der Waals surface area contributed by atoms with Crippen molar-refractivity contribution in [2.75, 3.05) is 5.75 Å². The highest BCUT2D eigenvalue weighted by atomic mass is 32.2. The molecule has 4 nitrogen and oxygen atoms in total. The lowest BCUT2D eigenvalue weighted by atomic mass is 10.2. The van der Waals surface area contributed by atoms with Gasteiger partial charge in [0.2, 0.25) is 0 Å². The topological polar surface area (TPSA) is 54.5 Å². The molecule has 2 aliphatic rings. The molecule has 2 atom stereocenters. The van der Waals surface area contributed by atoms with Gasteiger partial charge in [-0.1, -0.05) is 0 Å². The van der Waals surface area contributed by atoms with Crippen molar-refractivity contribution in [1.82, 2.24) is 4.90 Å². The number of likely N-dealkylation sites (tertiary alicyclic amines) is 1. The number of amides is 1. The van der Waals surface area contributed by atoms with Crippen LogP contribution < -0.4 is 0 Å². The van der Waals surface area contributed by atoms with E-state index in [2.05, 4.69) is 13.8 Å². The van der Waals surface area contributed by atoms with Crippen molar-refractivity contribution in [2.45, 2.75) is 50.9 Å². The fourth-order valence-electron chi connectivity index (χ4n) is 3.19. The maximum absolute atomic E-state index is 12.6. The van der Waals surface area contributed by atoms with Crippen LogP contribution in [0.5, 0.6) is 0 Å². The first-order valence-electron chi connectivity index (χ1n) is 7.02. The summed E-state index contributed by atoms with van der Waals surface area (Å²) >= 11 is 1.48. The first-order valence-corrected chi connectivity index (χ1v) is 9.66. The van der Waals surface area contributed by atoms with E-state index >= 15 is 0 Å². The third-order valence-electron chi connectivity index (χ3n) is 4.31. The molecule has 0 radical (unpaired) electrons. The van der Waals surface area contributed by atoms with E-state index in [1.54, 1.807) is 6.07 Å². The Morgan fingerprint density at radius 2 is 1.95 bits per heavy atom. The van der Waals surface area contributed by atoms with Crippen molar-refractivity contribution in [3.63, 3.8) is 0 Å². The fourth-order valence-corrected chi connectivity index (χ4v) is 5.92. The van der Waals surface area contributed by atoms with Gasteiger partial charge < -0.3 is 4.90 Å². The number of carbonyl (C=O) groups excluding carboxylic acids is 1. The van der Waals surface area contributed by atoms with Gasteiger partial charge in [0.05, 0.1) is 16.4 Å². The first-order chi connectivity index (χ1) is 9.37. The van der Waals surface area contributed by atoms with Gasteiger partial charge >= 0.3 is 0 Å². The normalized spacial score (nSPS) is 28.4. The number of thiophene rings is 1. The smallest absolute Gasteiger partial charge is 0.264 e. The molecule has 0 bridgehead atoms. The minimum Gasteiger partial charge on any atom is -0.333 e. The number of sulfone groups is 1. The largest absolute Gasteiger partial charge is 0.333 e. The Bertz CT molecular complexity index is 637. The molecule has 1 aromatic heterocycles. The second kappa shape index (κ2) is 4.84. The lowest BCUT2D eigenvalue weighted by Crippen LogP contribution is -2.38. The first kappa shape index (κ1) is 14.1. The molecule has 110 valence electrons. The summed E-state index contributed by atoms with van der Waals surface area (Å²) in [6.07, 6.45) is 2.65. The van der Waals surface area contributed by atoms with Crippen molar-refractivity contribution in [2.24, 2.45) is 0 Å². The molecule has 6 heteroatoms. The molecule has 3 heterocycles. The molecule has 0 saturated carbocycles. The Hall–Kier alpha value is -0.880. The number of hydrogen-bond donors (Lipinski definition) is 0. The molecule has 20 heavy (non-hydrogen) atoms. The summed E-state index contributed by atoms with van der Waals surface area (Å²) in [5.41, 5.74) is 0.837. The van der Waals surface area contributed by atoms with E-state index in [0.29, 0.717) is 11.3 Å². The molecule has 0 unspecified atom stereocenters. The average molecular weight is 313 g/mol. The van der Waals surface area contributed by atoms with E-state index < -0.39 is 9.84 Å². The number of nitrogens with zero attached hydrogens (tertiary/aromatic N) is 1. The highest BCUT2D eigenvalue weighted by Gasteiger charge is 2.34. The van der Waals surface area contributed by atoms with Crippen LogP contribution in [0.25, 0.3) is 0 Å². The van der Waals surface area contributed by atoms with Crippen molar-refractivity contribution in [1.29, 1.82) is 0 Å². The van der Waals surface area contributed by atoms with Crippen LogP contribution in [0.15, 0.2) is 6.07 Å². The lowest BCUT2D eigenvalue weighted by molar-refractivity contribution is 0.0698. The zero-order valence-electron chi connectivity index (χ0n) is 11.8. The molecule has 0 aromatic carbocycles. The van der Waals surface area contributed by atoms with Crippen LogP contribution in [0.2, 0.25) is 0 Å². The van der Waals surface area contributed by atoms with Gasteiger partial charge in [0, 0.05) is 17.0 Å². The van der Waals surface area contributed by atoms with Crippen LogP contribution in [-0.4, -0.2) is 37.1 Å². The van der Waals surface area contributed by atoms with Crippen LogP contribution in [-0.2, 0) is 22.0 Å². The average Bonchev–Trinajstić information content (AvgIpc) is 2.91. The number of rotatable bonds is 1. The molecule has 2 aliphatic heterocycles. The van der Waals surface area contributed by atoms with Gasteiger partial charge in [0.25, 0.3) is 5.91 Å². The number of carbonyl (C=O) groups is 1. The van der Waals surface area contributed by atoms with Gasteiger partial charge in [-0.25, -0.2) is 8.42 Å². The Morgan fingerprint density at radius 1 is 1.30 bits per heavy atom. The monoisotopic (exact) mass is 313 g/mol. The molecule has 1 aromatic rings. The summed E-state index contributed by atoms with van der Waals surface area (Å²) in [4.78, 5) is 16.4. The van der Waals surface area contributed by atoms with Crippen molar-refractivity contribution in [3.05, 3.63) is 21.4 Å². The molecular formula is C14H19NO3S2. The predicted molar refractivity (Wildman–Crippen MR) is 79.8 cm³/mol. The standard InChI is InChI=1S/C14H19NO3S2/c1-9-3-4-10(2)15(9)14(16)13-7-11-8-20(17,18)6-5-12(11)19-13/h7,9-10H,3-6,8H2,1-2H3/t9-,10+. The van der Waals surface area contributed by atoms with Crippen LogP contribution in [0.3, 0.4) is 0 Å². The SMILES string of the molecule is C[C@@H]1CC[C@H](C)N1C(=O)c1cc2c(s1)CCS(=O)(=O)C2. The van der Waals surface area contributed by atoms with Crippen molar-refractivity contribution < 1.29 is 13.2 Å². The van der Waals surface area contributed by atoms with E-state index in [0.717, 1.165) is 23.3 Å². The third-order valence-corrected chi connectivity index (χ3v) is 7.11. The second-order valence-electron chi connectivity index (χ2n) is 5.89. The van der Waals surface area contributed by atoms with Gasteiger partial charge in [-0.15, -0.1) is 11.3 Å². The molecule has 3 rings (SSSR count). The summed E-state index contributed by atoms with van der Waals surface area (Å²) in [5.74, 6) is 0.376. The molecule has 0 aliphatic carbocycles. The molecule has 1 amide bonds. The quantitative estimate of drug-likeness (QED) is 0.799. The van der Waals surface area contributed by atoms with E-state index in [1.807, 2.05) is 4.90 Å². The summed E-state index contributed by atoms with van der Waals surface area (Å²) < 4.78 is 23.3. The van der Waals surface area contributed by atoms with E-state index in [9.17, 15) is 13.2 Å². The number of fused-ring (bicyclic) bond motifs is 1. The summed E-state index contributed by atoms with van der Waals surface area (Å²) in [6, 6.07) is 2.36. The maximum Gasteiger partial charge on any atom is 0.264 e. The molecule has 0 spiro atoms. The Labute approximate surface area is 123 Å². The molecule has 1 saturated heterocycles. The Morgan fingerprint density at radius 3 is 2.60 bits per heavy atom. The lowest BCUT2D eigenvalue weighted by Gasteiger charge is -2.25. The zero-order valence-corrected chi connectivity index (χ0v) is 13.4. The maximum atomic E-state index is 12.6. The van der Waals surface area contributed by atoms with Crippen molar-refractivity contribution in [3.8, 4) is 0 Å². The number of aryl methyl sites for hydroxylation is 1. The predicted octanol–water partition coefficient (Wildman–Crippen LogP) is 2.23. The second-order valence-corrected chi connectivity index (χ2v) is 9.21. The minimum atomic E-state index is -2.97. The highest BCUT2D eigenvalue weighted by Crippen LogP contribution is 2.32. The minimum absolute atomic E-state index is 0.0688. The summed E-state index contributed by atoms with van der Waals surface area (Å²) in [7, 11) is -2.97. The van der Waals surface area contributed by atoms with Crippen LogP contribution >= 0.6 is 11.3 Å². The van der Waals surface area contributed by atoms with Gasteiger partial charge in [-0.3, -0.25) is 4.79 Å². The van der Waals surface area contributed by atoms with E-state index in [1.165, 1.54) is 11.3 Å². The van der Waals surface area contributed by atoms with Gasteiger partial charge in [-0.05, 0) is 44.7 Å². The highest BCUT2D eigenvalue weighted by molar-refractivity contribution is 7.90. The zero-order chi connectivity index (χ0) is 14.5. The fraction of sp³-hybridized carbons (Fsp3) is 0.643. The Kier molecular flexibility index (Phi) is 3.41. The molecule has 0 N–H and O–H groups in total. The van der Waals surface area contributed by atoms with Crippen LogP contribution in [0.1, 0.15) is 46.8 Å². The van der Waals surface area contributed by atoms with Gasteiger partial charge in [0.15, 0.2) is 9.84 Å². The van der Waals surface area contributed by atoms with Crippen molar-refractivity contribution >= 4 is 27.1 Å². The van der Waals surface area contributed by atoms with E-state index in [-0.39, 0.29) is 29.5 Å². The molecule has 1 fully saturated rings. The van der Waals surface area contributed by atoms with Gasteiger partial charge in [-0.2, -0.15) is 0 Å². The Balaban J connectivity index is 1.89.